The summed E-state index contributed by atoms with van der Waals surface area (Å²) in [5.41, 5.74) is 0.992. The van der Waals surface area contributed by atoms with Crippen molar-refractivity contribution < 1.29 is 5.11 Å². The average Bonchev–Trinajstić information content (AvgIpc) is 3.12. The van der Waals surface area contributed by atoms with Crippen LogP contribution in [0.15, 0.2) is 39.9 Å². The number of nitrogens with one attached hydrogen (secondary N) is 2. The van der Waals surface area contributed by atoms with E-state index in [-0.39, 0.29) is 12.6 Å². The van der Waals surface area contributed by atoms with Crippen molar-refractivity contribution in [2.24, 2.45) is 14.1 Å². The number of aliphatic hydroxyl groups excluding tert-OH is 1. The molecule has 0 fully saturated rings. The fraction of sp³-hybridized carbons (Fsp3) is 0.500. The van der Waals surface area contributed by atoms with E-state index in [0.29, 0.717) is 30.2 Å². The van der Waals surface area contributed by atoms with Gasteiger partial charge in [0.15, 0.2) is 11.2 Å². The number of fused-ring (bicyclic) bond motifs is 1. The maximum atomic E-state index is 12.8. The standard InChI is InChI=1S/C22H32N6O3/c1-5-11-23-21-25-19-18(20(30)27(4)22(31)26(19)3)28(21)14-17(29)13-24-15(2)12-16-9-7-6-8-10-16/h6-10,15,17,24,29H,5,11-14H2,1-4H3,(H,23,25). The average molecular weight is 429 g/mol. The Morgan fingerprint density at radius 3 is 2.52 bits per heavy atom. The monoisotopic (exact) mass is 428 g/mol. The molecule has 1 aromatic carbocycles. The topological polar surface area (TPSA) is 106 Å². The minimum absolute atomic E-state index is 0.182. The van der Waals surface area contributed by atoms with E-state index in [1.165, 1.54) is 17.2 Å². The van der Waals surface area contributed by atoms with Crippen LogP contribution >= 0.6 is 0 Å². The van der Waals surface area contributed by atoms with Crippen LogP contribution in [0.2, 0.25) is 0 Å². The summed E-state index contributed by atoms with van der Waals surface area (Å²) in [5, 5.41) is 17.3. The zero-order chi connectivity index (χ0) is 22.5. The molecule has 2 atom stereocenters. The van der Waals surface area contributed by atoms with Gasteiger partial charge in [-0.15, -0.1) is 0 Å². The number of nitrogens with zero attached hydrogens (tertiary/aromatic N) is 4. The molecule has 0 bridgehead atoms. The highest BCUT2D eigenvalue weighted by Gasteiger charge is 2.21. The largest absolute Gasteiger partial charge is 0.390 e. The first-order valence-corrected chi connectivity index (χ1v) is 10.7. The van der Waals surface area contributed by atoms with Crippen LogP contribution in [0.3, 0.4) is 0 Å². The fourth-order valence-electron chi connectivity index (χ4n) is 3.65. The lowest BCUT2D eigenvalue weighted by atomic mass is 10.1. The second kappa shape index (κ2) is 9.93. The minimum atomic E-state index is -0.736. The smallest absolute Gasteiger partial charge is 0.332 e. The highest BCUT2D eigenvalue weighted by atomic mass is 16.3. The first kappa shape index (κ1) is 22.8. The lowest BCUT2D eigenvalue weighted by Gasteiger charge is -2.19. The minimum Gasteiger partial charge on any atom is -0.390 e. The van der Waals surface area contributed by atoms with Gasteiger partial charge in [0.05, 0.1) is 12.6 Å². The van der Waals surface area contributed by atoms with Crippen molar-refractivity contribution >= 4 is 17.1 Å². The van der Waals surface area contributed by atoms with Crippen LogP contribution in [-0.2, 0) is 27.1 Å². The molecule has 0 saturated heterocycles. The third-order valence-electron chi connectivity index (χ3n) is 5.36. The molecule has 31 heavy (non-hydrogen) atoms. The predicted molar refractivity (Wildman–Crippen MR) is 123 cm³/mol. The van der Waals surface area contributed by atoms with E-state index in [2.05, 4.69) is 34.7 Å². The molecule has 3 aromatic rings. The van der Waals surface area contributed by atoms with E-state index >= 15 is 0 Å². The molecular weight excluding hydrogens is 396 g/mol. The van der Waals surface area contributed by atoms with Gasteiger partial charge < -0.3 is 20.3 Å². The van der Waals surface area contributed by atoms with Crippen molar-refractivity contribution in [3.63, 3.8) is 0 Å². The van der Waals surface area contributed by atoms with Crippen molar-refractivity contribution in [3.8, 4) is 0 Å². The van der Waals surface area contributed by atoms with Crippen LogP contribution in [0.1, 0.15) is 25.8 Å². The summed E-state index contributed by atoms with van der Waals surface area (Å²) in [6.45, 7) is 5.32. The quantitative estimate of drug-likeness (QED) is 0.442. The molecule has 0 aliphatic heterocycles. The van der Waals surface area contributed by atoms with E-state index in [0.717, 1.165) is 17.4 Å². The van der Waals surface area contributed by atoms with Crippen molar-refractivity contribution in [2.45, 2.75) is 45.4 Å². The number of aliphatic hydroxyl groups is 1. The predicted octanol–water partition coefficient (Wildman–Crippen LogP) is 0.837. The van der Waals surface area contributed by atoms with Gasteiger partial charge >= 0.3 is 5.69 Å². The summed E-state index contributed by atoms with van der Waals surface area (Å²) in [6.07, 6.45) is 0.995. The molecule has 3 rings (SSSR count). The highest BCUT2D eigenvalue weighted by Crippen LogP contribution is 2.16. The van der Waals surface area contributed by atoms with Crippen molar-refractivity contribution in [1.29, 1.82) is 0 Å². The van der Waals surface area contributed by atoms with Crippen molar-refractivity contribution in [3.05, 3.63) is 56.7 Å². The normalized spacial score (nSPS) is 13.5. The summed E-state index contributed by atoms with van der Waals surface area (Å²) in [4.78, 5) is 29.6. The Bertz CT molecular complexity index is 1130. The van der Waals surface area contributed by atoms with Crippen molar-refractivity contribution in [1.82, 2.24) is 24.0 Å². The van der Waals surface area contributed by atoms with Gasteiger partial charge in [-0.3, -0.25) is 13.9 Å². The number of rotatable bonds is 10. The second-order valence-electron chi connectivity index (χ2n) is 8.00. The first-order valence-electron chi connectivity index (χ1n) is 10.7. The fourth-order valence-corrected chi connectivity index (χ4v) is 3.65. The Morgan fingerprint density at radius 2 is 1.84 bits per heavy atom. The van der Waals surface area contributed by atoms with Gasteiger partial charge in [0, 0.05) is 33.2 Å². The van der Waals surface area contributed by atoms with Gasteiger partial charge in [0.2, 0.25) is 5.95 Å². The number of hydrogen-bond donors (Lipinski definition) is 3. The number of anilines is 1. The van der Waals surface area contributed by atoms with E-state index in [1.54, 1.807) is 11.6 Å². The van der Waals surface area contributed by atoms with Gasteiger partial charge in [0.25, 0.3) is 5.56 Å². The highest BCUT2D eigenvalue weighted by molar-refractivity contribution is 5.74. The van der Waals surface area contributed by atoms with Crippen LogP contribution in [0.5, 0.6) is 0 Å². The van der Waals surface area contributed by atoms with E-state index in [9.17, 15) is 14.7 Å². The van der Waals surface area contributed by atoms with Crippen LogP contribution in [-0.4, -0.2) is 49.0 Å². The molecule has 2 unspecified atom stereocenters. The third kappa shape index (κ3) is 5.05. The van der Waals surface area contributed by atoms with Gasteiger partial charge in [-0.2, -0.15) is 4.98 Å². The Balaban J connectivity index is 1.80. The number of hydrogen-bond acceptors (Lipinski definition) is 6. The van der Waals surface area contributed by atoms with E-state index in [4.69, 9.17) is 0 Å². The van der Waals surface area contributed by atoms with Crippen molar-refractivity contribution in [2.75, 3.05) is 18.4 Å². The Hall–Kier alpha value is -2.91. The molecule has 9 nitrogen and oxygen atoms in total. The lowest BCUT2D eigenvalue weighted by molar-refractivity contribution is 0.150. The molecule has 9 heteroatoms. The molecule has 3 N–H and O–H groups in total. The molecule has 0 spiro atoms. The zero-order valence-corrected chi connectivity index (χ0v) is 18.6. The van der Waals surface area contributed by atoms with Crippen LogP contribution in [0.4, 0.5) is 5.95 Å². The summed E-state index contributed by atoms with van der Waals surface area (Å²) in [6, 6.07) is 10.4. The number of imidazole rings is 1. The molecule has 168 valence electrons. The molecule has 0 aliphatic carbocycles. The van der Waals surface area contributed by atoms with Gasteiger partial charge in [-0.1, -0.05) is 37.3 Å². The summed E-state index contributed by atoms with van der Waals surface area (Å²) in [7, 11) is 3.04. The SMILES string of the molecule is CCCNc1nc2c(c(=O)n(C)c(=O)n2C)n1CC(O)CNC(C)Cc1ccccc1. The molecule has 0 aliphatic rings. The zero-order valence-electron chi connectivity index (χ0n) is 18.6. The maximum absolute atomic E-state index is 12.8. The first-order chi connectivity index (χ1) is 14.8. The third-order valence-corrected chi connectivity index (χ3v) is 5.36. The number of aromatic nitrogens is 4. The molecular formula is C22H32N6O3. The Morgan fingerprint density at radius 1 is 1.13 bits per heavy atom. The molecule has 2 heterocycles. The molecule has 0 radical (unpaired) electrons. The van der Waals surface area contributed by atoms with Crippen LogP contribution < -0.4 is 21.9 Å². The number of benzene rings is 1. The molecule has 0 saturated carbocycles. The second-order valence-corrected chi connectivity index (χ2v) is 8.00. The molecule has 2 aromatic heterocycles. The Kier molecular flexibility index (Phi) is 7.29. The van der Waals surface area contributed by atoms with Crippen LogP contribution in [0.25, 0.3) is 11.2 Å². The lowest BCUT2D eigenvalue weighted by Crippen LogP contribution is -2.39. The van der Waals surface area contributed by atoms with Gasteiger partial charge in [0.1, 0.15) is 0 Å². The summed E-state index contributed by atoms with van der Waals surface area (Å²) in [5.74, 6) is 0.478. The van der Waals surface area contributed by atoms with Gasteiger partial charge in [-0.05, 0) is 25.3 Å². The maximum Gasteiger partial charge on any atom is 0.332 e. The number of aryl methyl sites for hydroxylation is 1. The van der Waals surface area contributed by atoms with Gasteiger partial charge in [-0.25, -0.2) is 4.79 Å². The molecule has 0 amide bonds. The summed E-state index contributed by atoms with van der Waals surface area (Å²) < 4.78 is 4.11. The van der Waals surface area contributed by atoms with E-state index in [1.807, 2.05) is 25.1 Å². The van der Waals surface area contributed by atoms with E-state index < -0.39 is 17.4 Å². The summed E-state index contributed by atoms with van der Waals surface area (Å²) >= 11 is 0. The Labute approximate surface area is 181 Å². The van der Waals surface area contributed by atoms with Crippen LogP contribution in [0, 0.1) is 0 Å².